The highest BCUT2D eigenvalue weighted by atomic mass is 16.6. The number of carbonyl (C=O) groups excluding carboxylic acids is 1. The molecule has 0 saturated carbocycles. The van der Waals surface area contributed by atoms with Gasteiger partial charge in [-0.1, -0.05) is 12.1 Å². The highest BCUT2D eigenvalue weighted by molar-refractivity contribution is 5.98. The molecule has 0 radical (unpaired) electrons. The van der Waals surface area contributed by atoms with Gasteiger partial charge < -0.3 is 0 Å². The predicted molar refractivity (Wildman–Crippen MR) is 90.0 cm³/mol. The Hall–Kier alpha value is -4.42. The van der Waals surface area contributed by atoms with E-state index in [1.54, 1.807) is 0 Å². The number of amides is 1. The van der Waals surface area contributed by atoms with Gasteiger partial charge in [0, 0.05) is 18.5 Å². The summed E-state index contributed by atoms with van der Waals surface area (Å²) in [7, 11) is 0. The van der Waals surface area contributed by atoms with Crippen molar-refractivity contribution >= 4 is 23.1 Å². The summed E-state index contributed by atoms with van der Waals surface area (Å²) in [6.45, 7) is 0. The number of nitro groups is 2. The Balaban J connectivity index is 1.89. The average molecular weight is 370 g/mol. The molecule has 0 aliphatic carbocycles. The second-order valence-corrected chi connectivity index (χ2v) is 4.97. The number of hydrazine groups is 1. The van der Waals surface area contributed by atoms with Crippen LogP contribution in [0.4, 0.5) is 17.2 Å². The number of benzene rings is 1. The van der Waals surface area contributed by atoms with E-state index in [1.807, 2.05) is 0 Å². The normalized spacial score (nSPS) is 10.2. The van der Waals surface area contributed by atoms with E-state index >= 15 is 0 Å². The molecule has 0 bridgehead atoms. The molecule has 1 aromatic carbocycles. The first-order chi connectivity index (χ1) is 13.0. The second kappa shape index (κ2) is 7.22. The zero-order valence-corrected chi connectivity index (χ0v) is 13.3. The molecule has 0 atom stereocenters. The number of aromatic nitrogens is 4. The maximum Gasteiger partial charge on any atom is 0.355 e. The highest BCUT2D eigenvalue weighted by Gasteiger charge is 2.25. The first kappa shape index (κ1) is 17.4. The minimum absolute atomic E-state index is 0.0741. The van der Waals surface area contributed by atoms with E-state index in [1.165, 1.54) is 47.6 Å². The van der Waals surface area contributed by atoms with Crippen molar-refractivity contribution in [2.24, 2.45) is 0 Å². The number of rotatable bonds is 6. The molecule has 0 spiro atoms. The van der Waals surface area contributed by atoms with Crippen molar-refractivity contribution in [2.75, 3.05) is 5.43 Å². The van der Waals surface area contributed by atoms with E-state index in [-0.39, 0.29) is 17.2 Å². The van der Waals surface area contributed by atoms with Crippen LogP contribution in [0.1, 0.15) is 10.4 Å². The van der Waals surface area contributed by atoms with Gasteiger partial charge >= 0.3 is 5.69 Å². The van der Waals surface area contributed by atoms with Gasteiger partial charge in [0.1, 0.15) is 18.2 Å². The van der Waals surface area contributed by atoms with Crippen molar-refractivity contribution in [3.05, 3.63) is 75.1 Å². The lowest BCUT2D eigenvalue weighted by Crippen LogP contribution is -2.31. The van der Waals surface area contributed by atoms with E-state index in [4.69, 9.17) is 0 Å². The van der Waals surface area contributed by atoms with E-state index in [0.717, 1.165) is 6.33 Å². The van der Waals surface area contributed by atoms with Crippen LogP contribution in [0.25, 0.3) is 5.82 Å². The van der Waals surface area contributed by atoms with Crippen LogP contribution in [0.3, 0.4) is 0 Å². The quantitative estimate of drug-likeness (QED) is 0.478. The summed E-state index contributed by atoms with van der Waals surface area (Å²) in [6, 6.07) is 5.28. The molecule has 3 aromatic rings. The minimum atomic E-state index is -0.862. The number of anilines is 1. The fraction of sp³-hybridized carbons (Fsp3) is 0. The van der Waals surface area contributed by atoms with Gasteiger partial charge in [-0.05, 0) is 6.07 Å². The lowest BCUT2D eigenvalue weighted by Gasteiger charge is -2.10. The number of nitrogens with zero attached hydrogens (tertiary/aromatic N) is 6. The fourth-order valence-electron chi connectivity index (χ4n) is 2.21. The Kier molecular flexibility index (Phi) is 4.65. The van der Waals surface area contributed by atoms with E-state index < -0.39 is 27.1 Å². The standard InChI is InChI=1S/C14H10N8O5/c23-14(9-3-1-2-4-10(9)21(24)25)19-18-12-11(22(26)27)13(17-7-16-12)20-6-5-15-8-20/h1-8H,(H,19,23)(H,16,17,18). The van der Waals surface area contributed by atoms with Crippen molar-refractivity contribution in [3.8, 4) is 5.82 Å². The van der Waals surface area contributed by atoms with Crippen LogP contribution >= 0.6 is 0 Å². The Morgan fingerprint density at radius 1 is 1.11 bits per heavy atom. The van der Waals surface area contributed by atoms with Crippen LogP contribution in [-0.4, -0.2) is 35.3 Å². The third-order valence-corrected chi connectivity index (χ3v) is 3.37. The highest BCUT2D eigenvalue weighted by Crippen LogP contribution is 2.27. The van der Waals surface area contributed by atoms with Crippen molar-refractivity contribution in [3.63, 3.8) is 0 Å². The number of para-hydroxylation sites is 1. The maximum absolute atomic E-state index is 12.2. The number of imidazole rings is 1. The maximum atomic E-state index is 12.2. The van der Waals surface area contributed by atoms with Crippen LogP contribution in [0, 0.1) is 20.2 Å². The number of hydrogen-bond acceptors (Lipinski definition) is 9. The molecule has 136 valence electrons. The number of hydrogen-bond donors (Lipinski definition) is 2. The van der Waals surface area contributed by atoms with Crippen LogP contribution in [0.2, 0.25) is 0 Å². The lowest BCUT2D eigenvalue weighted by atomic mass is 10.2. The largest absolute Gasteiger partial charge is 0.355 e. The molecule has 27 heavy (non-hydrogen) atoms. The van der Waals surface area contributed by atoms with Crippen LogP contribution in [-0.2, 0) is 0 Å². The predicted octanol–water partition coefficient (Wildman–Crippen LogP) is 1.24. The van der Waals surface area contributed by atoms with Crippen LogP contribution in [0.5, 0.6) is 0 Å². The summed E-state index contributed by atoms with van der Waals surface area (Å²) in [4.78, 5) is 44.6. The molecule has 0 fully saturated rings. The van der Waals surface area contributed by atoms with Crippen LogP contribution < -0.4 is 10.9 Å². The van der Waals surface area contributed by atoms with Gasteiger partial charge in [0.05, 0.1) is 9.85 Å². The molecule has 2 N–H and O–H groups in total. The number of nitrogens with one attached hydrogen (secondary N) is 2. The first-order valence-electron chi connectivity index (χ1n) is 7.26. The summed E-state index contributed by atoms with van der Waals surface area (Å²) in [5, 5.41) is 22.5. The zero-order valence-electron chi connectivity index (χ0n) is 13.3. The van der Waals surface area contributed by atoms with Gasteiger partial charge in [-0.15, -0.1) is 0 Å². The molecule has 0 saturated heterocycles. The monoisotopic (exact) mass is 370 g/mol. The zero-order chi connectivity index (χ0) is 19.4. The van der Waals surface area contributed by atoms with Gasteiger partial charge in [-0.2, -0.15) is 0 Å². The molecule has 3 rings (SSSR count). The number of carbonyl (C=O) groups is 1. The van der Waals surface area contributed by atoms with Crippen molar-refractivity contribution in [1.29, 1.82) is 0 Å². The van der Waals surface area contributed by atoms with Gasteiger partial charge in [0.25, 0.3) is 11.6 Å². The molecule has 13 nitrogen and oxygen atoms in total. The average Bonchev–Trinajstić information content (AvgIpc) is 3.20. The first-order valence-corrected chi connectivity index (χ1v) is 7.26. The SMILES string of the molecule is O=C(NNc1ncnc(-n2ccnc2)c1[N+](=O)[O-])c1ccccc1[N+](=O)[O-]. The van der Waals surface area contributed by atoms with Crippen LogP contribution in [0.15, 0.2) is 49.3 Å². The molecule has 1 amide bonds. The summed E-state index contributed by atoms with van der Waals surface area (Å²) < 4.78 is 1.30. The topological polar surface area (TPSA) is 171 Å². The summed E-state index contributed by atoms with van der Waals surface area (Å²) in [5.74, 6) is -1.24. The Bertz CT molecular complexity index is 1020. The lowest BCUT2D eigenvalue weighted by molar-refractivity contribution is -0.385. The molecule has 0 aliphatic heterocycles. The molecule has 0 aliphatic rings. The van der Waals surface area contributed by atoms with Gasteiger partial charge in [0.2, 0.25) is 11.6 Å². The minimum Gasteiger partial charge on any atom is -0.285 e. The Morgan fingerprint density at radius 2 is 1.89 bits per heavy atom. The third kappa shape index (κ3) is 3.51. The van der Waals surface area contributed by atoms with E-state index in [2.05, 4.69) is 25.8 Å². The number of nitro benzene ring substituents is 1. The van der Waals surface area contributed by atoms with E-state index in [9.17, 15) is 25.0 Å². The third-order valence-electron chi connectivity index (χ3n) is 3.37. The summed E-state index contributed by atoms with van der Waals surface area (Å²) in [5.41, 5.74) is 3.33. The van der Waals surface area contributed by atoms with Gasteiger partial charge in [-0.25, -0.2) is 15.0 Å². The molecule has 2 heterocycles. The molecular formula is C14H10N8O5. The molecule has 2 aromatic heterocycles. The second-order valence-electron chi connectivity index (χ2n) is 4.97. The fourth-order valence-corrected chi connectivity index (χ4v) is 2.21. The van der Waals surface area contributed by atoms with Gasteiger partial charge in [-0.3, -0.25) is 40.4 Å². The summed E-state index contributed by atoms with van der Waals surface area (Å²) >= 11 is 0. The Labute approximate surface area is 150 Å². The van der Waals surface area contributed by atoms with Crippen molar-refractivity contribution in [2.45, 2.75) is 0 Å². The molecule has 13 heteroatoms. The molecule has 0 unspecified atom stereocenters. The van der Waals surface area contributed by atoms with E-state index in [0.29, 0.717) is 0 Å². The van der Waals surface area contributed by atoms with Crippen molar-refractivity contribution in [1.82, 2.24) is 24.9 Å². The summed E-state index contributed by atoms with van der Waals surface area (Å²) in [6.07, 6.45) is 5.23. The smallest absolute Gasteiger partial charge is 0.285 e. The molecular weight excluding hydrogens is 360 g/mol. The Morgan fingerprint density at radius 3 is 2.56 bits per heavy atom. The van der Waals surface area contributed by atoms with Gasteiger partial charge in [0.15, 0.2) is 0 Å². The van der Waals surface area contributed by atoms with Crippen molar-refractivity contribution < 1.29 is 14.6 Å².